The summed E-state index contributed by atoms with van der Waals surface area (Å²) in [5, 5.41) is 22.3. The lowest BCUT2D eigenvalue weighted by Gasteiger charge is -2.21. The average Bonchev–Trinajstić information content (AvgIpc) is 3.81. The molecule has 1 N–H and O–H groups in total. The Morgan fingerprint density at radius 3 is 1.56 bits per heavy atom. The van der Waals surface area contributed by atoms with Crippen molar-refractivity contribution in [1.82, 2.24) is 0 Å². The van der Waals surface area contributed by atoms with E-state index in [0.29, 0.717) is 0 Å². The smallest absolute Gasteiger partial charge is 0.143 e. The summed E-state index contributed by atoms with van der Waals surface area (Å²) in [6.45, 7) is 2.28. The van der Waals surface area contributed by atoms with Crippen molar-refractivity contribution >= 4 is 76.2 Å². The first-order valence-electron chi connectivity index (χ1n) is 19.5. The van der Waals surface area contributed by atoms with E-state index in [1.807, 2.05) is 24.3 Å². The summed E-state index contributed by atoms with van der Waals surface area (Å²) in [5.74, 6) is 0.255. The molecule has 0 spiro atoms. The fourth-order valence-electron chi connectivity index (χ4n) is 9.26. The molecule has 0 radical (unpaired) electrons. The highest BCUT2D eigenvalue weighted by atomic mass is 16.3. The second-order valence-corrected chi connectivity index (χ2v) is 15.0. The maximum atomic E-state index is 10.3. The van der Waals surface area contributed by atoms with Crippen LogP contribution in [0.3, 0.4) is 0 Å². The van der Waals surface area contributed by atoms with Gasteiger partial charge >= 0.3 is 0 Å². The van der Waals surface area contributed by atoms with Crippen LogP contribution >= 0.6 is 0 Å². The van der Waals surface area contributed by atoms with E-state index in [9.17, 15) is 5.11 Å². The molecule has 0 unspecified atom stereocenters. The van der Waals surface area contributed by atoms with Gasteiger partial charge in [-0.15, -0.1) is 0 Å². The van der Waals surface area contributed by atoms with Crippen LogP contribution in [-0.4, -0.2) is 5.11 Å². The molecule has 0 saturated heterocycles. The van der Waals surface area contributed by atoms with E-state index in [1.165, 1.54) is 62.7 Å². The predicted octanol–water partition coefficient (Wildman–Crippen LogP) is 15.2. The summed E-state index contributed by atoms with van der Waals surface area (Å²) in [5.41, 5.74) is 11.7. The molecule has 0 aliphatic rings. The normalized spacial score (nSPS) is 12.2. The van der Waals surface area contributed by atoms with E-state index in [4.69, 9.17) is 8.83 Å². The van der Waals surface area contributed by atoms with Crippen LogP contribution in [0.1, 0.15) is 38.2 Å². The summed E-state index contributed by atoms with van der Waals surface area (Å²) in [4.78, 5) is 0. The minimum atomic E-state index is 0.255. The van der Waals surface area contributed by atoms with Gasteiger partial charge < -0.3 is 13.9 Å². The molecule has 0 atom stereocenters. The van der Waals surface area contributed by atoms with E-state index in [2.05, 4.69) is 116 Å². The number of hydrogen-bond donors (Lipinski definition) is 1. The molecule has 0 amide bonds. The van der Waals surface area contributed by atoms with Crippen LogP contribution < -0.4 is 0 Å². The summed E-state index contributed by atoms with van der Waals surface area (Å²) in [6.07, 6.45) is 5.81. The van der Waals surface area contributed by atoms with Gasteiger partial charge in [0, 0.05) is 32.7 Å². The first-order valence-corrected chi connectivity index (χ1v) is 19.5. The predicted molar refractivity (Wildman–Crippen MR) is 231 cm³/mol. The molecule has 3 heteroatoms. The minimum Gasteiger partial charge on any atom is -0.508 e. The molecule has 0 aliphatic heterocycles. The number of fused-ring (bicyclic) bond motifs is 6. The average molecular weight is 711 g/mol. The summed E-state index contributed by atoms with van der Waals surface area (Å²) in [6, 6.07) is 51.5. The highest BCUT2D eigenvalue weighted by Gasteiger charge is 2.23. The Bertz CT molecular complexity index is 3250. The molecule has 55 heavy (non-hydrogen) atoms. The lowest BCUT2D eigenvalue weighted by molar-refractivity contribution is 0.475. The summed E-state index contributed by atoms with van der Waals surface area (Å²) in [7, 11) is 0. The second kappa shape index (κ2) is 12.5. The van der Waals surface area contributed by atoms with Gasteiger partial charge in [-0.2, -0.15) is 0 Å². The third-order valence-corrected chi connectivity index (χ3v) is 11.9. The van der Waals surface area contributed by atoms with Gasteiger partial charge in [0.15, 0.2) is 0 Å². The van der Waals surface area contributed by atoms with Crippen molar-refractivity contribution in [3.05, 3.63) is 151 Å². The largest absolute Gasteiger partial charge is 0.508 e. The number of phenols is 1. The van der Waals surface area contributed by atoms with Gasteiger partial charge in [-0.25, -0.2) is 0 Å². The van der Waals surface area contributed by atoms with E-state index in [1.54, 1.807) is 12.1 Å². The molecule has 9 aromatic carbocycles. The number of para-hydroxylation sites is 4. The summed E-state index contributed by atoms with van der Waals surface area (Å²) < 4.78 is 13.4. The highest BCUT2D eigenvalue weighted by molar-refractivity contribution is 6.31. The fourth-order valence-corrected chi connectivity index (χ4v) is 9.26. The van der Waals surface area contributed by atoms with Crippen molar-refractivity contribution in [2.24, 2.45) is 0 Å². The molecule has 2 heterocycles. The van der Waals surface area contributed by atoms with Crippen LogP contribution in [0.15, 0.2) is 154 Å². The molecule has 0 fully saturated rings. The van der Waals surface area contributed by atoms with Crippen molar-refractivity contribution in [2.45, 2.75) is 39.0 Å². The molecule has 0 saturated carbocycles. The Hall–Kier alpha value is -6.58. The third-order valence-electron chi connectivity index (χ3n) is 11.9. The lowest BCUT2D eigenvalue weighted by Crippen LogP contribution is -1.96. The highest BCUT2D eigenvalue weighted by Crippen LogP contribution is 2.49. The van der Waals surface area contributed by atoms with Crippen LogP contribution in [0.4, 0.5) is 0 Å². The van der Waals surface area contributed by atoms with Crippen molar-refractivity contribution in [2.75, 3.05) is 0 Å². The Balaban J connectivity index is 1.27. The molecule has 2 aromatic heterocycles. The number of benzene rings is 9. The number of phenolic OH excluding ortho intramolecular Hbond substituents is 1. The Morgan fingerprint density at radius 1 is 0.418 bits per heavy atom. The van der Waals surface area contributed by atoms with Gasteiger partial charge in [0.25, 0.3) is 0 Å². The van der Waals surface area contributed by atoms with Crippen LogP contribution in [0, 0.1) is 0 Å². The standard InChI is InChI=1S/C52H38O3/c1-2-3-4-5-12-32-29-45(42-17-10-15-40-35-13-6-8-19-47(35)54-51(40)42)38-28-27-37-44(31-21-23-33(53)24-22-31)30-46(39-26-25-34(32)49(38)50(37)39)43-18-11-16-41-36-14-7-9-20-48(36)55-52(41)43/h6-11,13-30,53H,2-5,12H2,1H3. The van der Waals surface area contributed by atoms with E-state index in [0.717, 1.165) is 84.5 Å². The van der Waals surface area contributed by atoms with E-state index < -0.39 is 0 Å². The zero-order chi connectivity index (χ0) is 36.6. The number of furan rings is 2. The first kappa shape index (κ1) is 31.9. The van der Waals surface area contributed by atoms with Crippen LogP contribution in [0.25, 0.3) is 110 Å². The molecule has 0 aliphatic carbocycles. The van der Waals surface area contributed by atoms with Gasteiger partial charge in [-0.05, 0) is 109 Å². The molecule has 11 rings (SSSR count). The SMILES string of the molecule is CCCCCCc1cc(-c2cccc3c2oc2ccccc23)c2ccc3c(-c4ccc(O)cc4)cc(-c4cccc5c4oc4ccccc45)c4ccc1c2c34. The fraction of sp³-hybridized carbons (Fsp3) is 0.115. The Labute approximate surface area is 318 Å². The van der Waals surface area contributed by atoms with Crippen molar-refractivity contribution < 1.29 is 13.9 Å². The van der Waals surface area contributed by atoms with Gasteiger partial charge in [-0.1, -0.05) is 135 Å². The van der Waals surface area contributed by atoms with Crippen LogP contribution in [0.5, 0.6) is 5.75 Å². The van der Waals surface area contributed by atoms with Gasteiger partial charge in [0.05, 0.1) is 0 Å². The maximum Gasteiger partial charge on any atom is 0.143 e. The van der Waals surface area contributed by atoms with Crippen LogP contribution in [-0.2, 0) is 6.42 Å². The molecule has 3 nitrogen and oxygen atoms in total. The van der Waals surface area contributed by atoms with E-state index >= 15 is 0 Å². The Kier molecular flexibility index (Phi) is 7.25. The molecular weight excluding hydrogens is 673 g/mol. The number of rotatable bonds is 8. The van der Waals surface area contributed by atoms with Crippen molar-refractivity contribution in [1.29, 1.82) is 0 Å². The molecular formula is C52H38O3. The second-order valence-electron chi connectivity index (χ2n) is 15.0. The monoisotopic (exact) mass is 710 g/mol. The summed E-state index contributed by atoms with van der Waals surface area (Å²) >= 11 is 0. The zero-order valence-electron chi connectivity index (χ0n) is 30.7. The lowest BCUT2D eigenvalue weighted by atomic mass is 9.82. The molecule has 0 bridgehead atoms. The topological polar surface area (TPSA) is 46.5 Å². The number of aryl methyl sites for hydroxylation is 1. The number of unbranched alkanes of at least 4 members (excludes halogenated alkanes) is 3. The zero-order valence-corrected chi connectivity index (χ0v) is 30.7. The number of aromatic hydroxyl groups is 1. The number of hydrogen-bond acceptors (Lipinski definition) is 3. The van der Waals surface area contributed by atoms with Gasteiger partial charge in [0.2, 0.25) is 0 Å². The first-order chi connectivity index (χ1) is 27.2. The maximum absolute atomic E-state index is 10.3. The van der Waals surface area contributed by atoms with Crippen molar-refractivity contribution in [3.8, 4) is 39.1 Å². The third kappa shape index (κ3) is 4.89. The molecule has 264 valence electrons. The van der Waals surface area contributed by atoms with E-state index in [-0.39, 0.29) is 5.75 Å². The van der Waals surface area contributed by atoms with Gasteiger partial charge in [-0.3, -0.25) is 0 Å². The van der Waals surface area contributed by atoms with Crippen molar-refractivity contribution in [3.63, 3.8) is 0 Å². The quantitative estimate of drug-likeness (QED) is 0.126. The van der Waals surface area contributed by atoms with Gasteiger partial charge in [0.1, 0.15) is 28.1 Å². The molecule has 11 aromatic rings. The van der Waals surface area contributed by atoms with Crippen LogP contribution in [0.2, 0.25) is 0 Å². The Morgan fingerprint density at radius 2 is 0.945 bits per heavy atom. The minimum absolute atomic E-state index is 0.255.